The predicted octanol–water partition coefficient (Wildman–Crippen LogP) is 3.37. The predicted molar refractivity (Wildman–Crippen MR) is 104 cm³/mol. The number of hydrogen-bond donors (Lipinski definition) is 3. The van der Waals surface area contributed by atoms with Gasteiger partial charge in [0.1, 0.15) is 11.3 Å². The number of sulfonamides is 1. The van der Waals surface area contributed by atoms with E-state index in [9.17, 15) is 18.3 Å². The van der Waals surface area contributed by atoms with Gasteiger partial charge in [0.05, 0.1) is 4.90 Å². The minimum atomic E-state index is -4.08. The van der Waals surface area contributed by atoms with E-state index in [0.717, 1.165) is 12.1 Å². The van der Waals surface area contributed by atoms with Crippen LogP contribution in [0.3, 0.4) is 0 Å². The first kappa shape index (κ1) is 20.3. The number of carboxylic acid groups (broad SMARTS) is 1. The number of phenols is 1. The van der Waals surface area contributed by atoms with Crippen LogP contribution in [0.25, 0.3) is 11.5 Å². The molecule has 0 aliphatic heterocycles. The molecule has 152 valence electrons. The third-order valence-corrected chi connectivity index (χ3v) is 5.68. The maximum atomic E-state index is 12.7. The van der Waals surface area contributed by atoms with Crippen molar-refractivity contribution in [2.45, 2.75) is 31.6 Å². The Kier molecular flexibility index (Phi) is 5.29. The topological polar surface area (TPSA) is 143 Å². The fourth-order valence-corrected chi connectivity index (χ4v) is 3.92. The van der Waals surface area contributed by atoms with Crippen LogP contribution in [0.2, 0.25) is 0 Å². The number of aryl methyl sites for hydroxylation is 1. The van der Waals surface area contributed by atoms with Gasteiger partial charge in [-0.1, -0.05) is 19.0 Å². The van der Waals surface area contributed by atoms with E-state index in [0.29, 0.717) is 17.3 Å². The van der Waals surface area contributed by atoms with Crippen molar-refractivity contribution in [3.8, 4) is 17.2 Å². The summed E-state index contributed by atoms with van der Waals surface area (Å²) < 4.78 is 33.0. The third-order valence-electron chi connectivity index (χ3n) is 4.16. The average molecular weight is 417 g/mol. The molecule has 1 heterocycles. The molecule has 29 heavy (non-hydrogen) atoms. The van der Waals surface area contributed by atoms with Gasteiger partial charge in [0.25, 0.3) is 15.9 Å². The summed E-state index contributed by atoms with van der Waals surface area (Å²) in [4.78, 5) is 15.2. The van der Waals surface area contributed by atoms with E-state index >= 15 is 0 Å². The lowest BCUT2D eigenvalue weighted by molar-refractivity contribution is 0.0693. The molecule has 0 radical (unpaired) electrons. The Labute approximate surface area is 167 Å². The number of benzene rings is 2. The molecule has 0 bridgehead atoms. The highest BCUT2D eigenvalue weighted by molar-refractivity contribution is 7.92. The van der Waals surface area contributed by atoms with Crippen LogP contribution in [0, 0.1) is 6.92 Å². The van der Waals surface area contributed by atoms with E-state index in [-0.39, 0.29) is 22.1 Å². The van der Waals surface area contributed by atoms with Gasteiger partial charge in [-0.25, -0.2) is 13.2 Å². The van der Waals surface area contributed by atoms with E-state index < -0.39 is 27.3 Å². The summed E-state index contributed by atoms with van der Waals surface area (Å²) in [6.45, 7) is 5.34. The summed E-state index contributed by atoms with van der Waals surface area (Å²) in [5, 5.41) is 22.7. The van der Waals surface area contributed by atoms with Crippen molar-refractivity contribution < 1.29 is 27.9 Å². The fourth-order valence-electron chi connectivity index (χ4n) is 2.61. The Balaban J connectivity index is 1.87. The summed E-state index contributed by atoms with van der Waals surface area (Å²) in [6, 6.07) is 8.34. The molecule has 0 saturated heterocycles. The monoisotopic (exact) mass is 417 g/mol. The number of rotatable bonds is 6. The molecular formula is C19H19N3O6S. The number of nitrogens with zero attached hydrogens (tertiary/aromatic N) is 2. The first-order valence-electron chi connectivity index (χ1n) is 8.62. The smallest absolute Gasteiger partial charge is 0.339 e. The van der Waals surface area contributed by atoms with Crippen LogP contribution in [-0.2, 0) is 10.0 Å². The molecule has 0 amide bonds. The number of aromatic carboxylic acids is 1. The van der Waals surface area contributed by atoms with Crippen molar-refractivity contribution in [2.24, 2.45) is 0 Å². The van der Waals surface area contributed by atoms with E-state index in [2.05, 4.69) is 14.9 Å². The van der Waals surface area contributed by atoms with Crippen LogP contribution >= 0.6 is 0 Å². The number of carboxylic acids is 1. The summed E-state index contributed by atoms with van der Waals surface area (Å²) in [6.07, 6.45) is 0. The van der Waals surface area contributed by atoms with E-state index in [1.807, 2.05) is 13.8 Å². The zero-order chi connectivity index (χ0) is 21.3. The zero-order valence-corrected chi connectivity index (χ0v) is 16.7. The number of anilines is 1. The van der Waals surface area contributed by atoms with Crippen molar-refractivity contribution in [3.05, 3.63) is 53.3 Å². The van der Waals surface area contributed by atoms with E-state index in [1.54, 1.807) is 12.1 Å². The SMILES string of the molecule is Cc1cc(O)c(C(=O)O)cc1S(=O)(=O)Nc1ccc(-c2nc(C(C)C)no2)cc1. The average Bonchev–Trinajstić information content (AvgIpc) is 3.12. The Morgan fingerprint density at radius 3 is 2.38 bits per heavy atom. The number of aromatic hydroxyl groups is 1. The molecule has 0 atom stereocenters. The third kappa shape index (κ3) is 4.21. The van der Waals surface area contributed by atoms with Crippen LogP contribution in [0.5, 0.6) is 5.75 Å². The minimum Gasteiger partial charge on any atom is -0.507 e. The molecule has 3 rings (SSSR count). The summed E-state index contributed by atoms with van der Waals surface area (Å²) in [5.74, 6) is -0.921. The van der Waals surface area contributed by atoms with Crippen LogP contribution in [0.1, 0.15) is 41.5 Å². The summed E-state index contributed by atoms with van der Waals surface area (Å²) >= 11 is 0. The normalized spacial score (nSPS) is 11.6. The maximum absolute atomic E-state index is 12.7. The van der Waals surface area contributed by atoms with Crippen LogP contribution in [-0.4, -0.2) is 34.7 Å². The molecule has 9 nitrogen and oxygen atoms in total. The zero-order valence-electron chi connectivity index (χ0n) is 15.9. The quantitative estimate of drug-likeness (QED) is 0.554. The molecule has 3 N–H and O–H groups in total. The number of hydrogen-bond acceptors (Lipinski definition) is 7. The first-order chi connectivity index (χ1) is 13.6. The van der Waals surface area contributed by atoms with Crippen LogP contribution in [0.15, 0.2) is 45.8 Å². The van der Waals surface area contributed by atoms with Crippen molar-refractivity contribution in [1.82, 2.24) is 10.1 Å². The largest absolute Gasteiger partial charge is 0.507 e. The van der Waals surface area contributed by atoms with Crippen LogP contribution in [0.4, 0.5) is 5.69 Å². The molecule has 0 fully saturated rings. The molecule has 0 spiro atoms. The van der Waals surface area contributed by atoms with Gasteiger partial charge in [-0.2, -0.15) is 4.98 Å². The summed E-state index contributed by atoms with van der Waals surface area (Å²) in [5.41, 5.74) is 0.607. The molecule has 0 saturated carbocycles. The lowest BCUT2D eigenvalue weighted by atomic mass is 10.1. The minimum absolute atomic E-state index is 0.114. The van der Waals surface area contributed by atoms with Gasteiger partial charge < -0.3 is 14.7 Å². The molecule has 0 unspecified atom stereocenters. The molecular weight excluding hydrogens is 398 g/mol. The fraction of sp³-hybridized carbons (Fsp3) is 0.211. The van der Waals surface area contributed by atoms with Gasteiger partial charge in [-0.05, 0) is 48.9 Å². The van der Waals surface area contributed by atoms with Gasteiger partial charge in [0.2, 0.25) is 0 Å². The second-order valence-electron chi connectivity index (χ2n) is 6.74. The van der Waals surface area contributed by atoms with E-state index in [4.69, 9.17) is 9.63 Å². The lowest BCUT2D eigenvalue weighted by Gasteiger charge is -2.12. The molecule has 1 aromatic heterocycles. The van der Waals surface area contributed by atoms with Gasteiger partial charge in [0, 0.05) is 17.2 Å². The molecule has 3 aromatic rings. The first-order valence-corrected chi connectivity index (χ1v) is 10.1. The molecule has 2 aromatic carbocycles. The van der Waals surface area contributed by atoms with Crippen molar-refractivity contribution >= 4 is 21.7 Å². The summed E-state index contributed by atoms with van der Waals surface area (Å²) in [7, 11) is -4.08. The number of nitrogens with one attached hydrogen (secondary N) is 1. The highest BCUT2D eigenvalue weighted by Crippen LogP contribution is 2.28. The Bertz CT molecular complexity index is 1170. The van der Waals surface area contributed by atoms with Gasteiger partial charge in [-0.15, -0.1) is 0 Å². The standard InChI is InChI=1S/C19H19N3O6S/c1-10(2)17-20-18(28-21-17)12-4-6-13(7-5-12)22-29(26,27)16-9-14(19(24)25)15(23)8-11(16)3/h4-10,22-23H,1-3H3,(H,24,25). The highest BCUT2D eigenvalue weighted by Gasteiger charge is 2.22. The highest BCUT2D eigenvalue weighted by atomic mass is 32.2. The number of carbonyl (C=O) groups is 1. The van der Waals surface area contributed by atoms with Gasteiger partial charge >= 0.3 is 5.97 Å². The Hall–Kier alpha value is -3.40. The molecule has 0 aliphatic rings. The van der Waals surface area contributed by atoms with E-state index in [1.165, 1.54) is 19.1 Å². The molecule has 0 aliphatic carbocycles. The maximum Gasteiger partial charge on any atom is 0.339 e. The Morgan fingerprint density at radius 2 is 1.83 bits per heavy atom. The van der Waals surface area contributed by atoms with Crippen LogP contribution < -0.4 is 4.72 Å². The van der Waals surface area contributed by atoms with Crippen molar-refractivity contribution in [1.29, 1.82) is 0 Å². The number of aromatic nitrogens is 2. The van der Waals surface area contributed by atoms with Crippen molar-refractivity contribution in [3.63, 3.8) is 0 Å². The van der Waals surface area contributed by atoms with Gasteiger partial charge in [0.15, 0.2) is 5.82 Å². The van der Waals surface area contributed by atoms with Crippen molar-refractivity contribution in [2.75, 3.05) is 4.72 Å². The Morgan fingerprint density at radius 1 is 1.17 bits per heavy atom. The second kappa shape index (κ2) is 7.55. The second-order valence-corrected chi connectivity index (χ2v) is 8.39. The van der Waals surface area contributed by atoms with Gasteiger partial charge in [-0.3, -0.25) is 4.72 Å². The molecule has 10 heteroatoms. The lowest BCUT2D eigenvalue weighted by Crippen LogP contribution is -2.15.